The van der Waals surface area contributed by atoms with Gasteiger partial charge in [-0.2, -0.15) is 0 Å². The highest BCUT2D eigenvalue weighted by Gasteiger charge is 2.44. The molecule has 136 valence electrons. The van der Waals surface area contributed by atoms with E-state index in [0.29, 0.717) is 16.3 Å². The van der Waals surface area contributed by atoms with Crippen molar-refractivity contribution in [2.75, 3.05) is 10.2 Å². The Hall–Kier alpha value is -2.41. The van der Waals surface area contributed by atoms with E-state index in [1.165, 1.54) is 11.0 Å². The van der Waals surface area contributed by atoms with Gasteiger partial charge in [0.15, 0.2) is 11.6 Å². The van der Waals surface area contributed by atoms with E-state index in [1.54, 1.807) is 45.0 Å². The SMILES string of the molecule is CC(Sc1ccc(F)c(F)c1)C(=O)N1c2ccccc2NC(=O)C1(C)C. The molecule has 1 unspecified atom stereocenters. The molecule has 0 radical (unpaired) electrons. The van der Waals surface area contributed by atoms with Crippen LogP contribution in [0.3, 0.4) is 0 Å². The van der Waals surface area contributed by atoms with Gasteiger partial charge in [0.25, 0.3) is 0 Å². The van der Waals surface area contributed by atoms with Crippen LogP contribution in [0.2, 0.25) is 0 Å². The van der Waals surface area contributed by atoms with Gasteiger partial charge in [-0.3, -0.25) is 14.5 Å². The number of fused-ring (bicyclic) bond motifs is 1. The Bertz CT molecular complexity index is 886. The van der Waals surface area contributed by atoms with Crippen molar-refractivity contribution in [3.63, 3.8) is 0 Å². The summed E-state index contributed by atoms with van der Waals surface area (Å²) >= 11 is 1.12. The van der Waals surface area contributed by atoms with Gasteiger partial charge < -0.3 is 5.32 Å². The van der Waals surface area contributed by atoms with E-state index in [0.717, 1.165) is 23.9 Å². The maximum atomic E-state index is 13.4. The summed E-state index contributed by atoms with van der Waals surface area (Å²) in [6.45, 7) is 5.02. The number of nitrogens with zero attached hydrogens (tertiary/aromatic N) is 1. The highest BCUT2D eigenvalue weighted by molar-refractivity contribution is 8.00. The number of anilines is 2. The van der Waals surface area contributed by atoms with E-state index in [-0.39, 0.29) is 11.8 Å². The molecule has 0 aliphatic carbocycles. The van der Waals surface area contributed by atoms with Crippen LogP contribution in [0.1, 0.15) is 20.8 Å². The van der Waals surface area contributed by atoms with Gasteiger partial charge in [-0.25, -0.2) is 8.78 Å². The fraction of sp³-hybridized carbons (Fsp3) is 0.263. The number of hydrogen-bond acceptors (Lipinski definition) is 3. The Labute approximate surface area is 154 Å². The fourth-order valence-corrected chi connectivity index (χ4v) is 3.77. The number of rotatable bonds is 3. The largest absolute Gasteiger partial charge is 0.322 e. The van der Waals surface area contributed by atoms with Crippen LogP contribution in [0.25, 0.3) is 0 Å². The molecule has 0 spiro atoms. The molecule has 1 aliphatic rings. The summed E-state index contributed by atoms with van der Waals surface area (Å²) in [6, 6.07) is 10.6. The minimum absolute atomic E-state index is 0.283. The summed E-state index contributed by atoms with van der Waals surface area (Å²) in [7, 11) is 0. The average molecular weight is 376 g/mol. The molecular formula is C19H18F2N2O2S. The Morgan fingerprint density at radius 1 is 1.15 bits per heavy atom. The van der Waals surface area contributed by atoms with Crippen LogP contribution in [0.4, 0.5) is 20.2 Å². The van der Waals surface area contributed by atoms with Crippen molar-refractivity contribution in [2.45, 2.75) is 36.5 Å². The Morgan fingerprint density at radius 3 is 2.54 bits per heavy atom. The van der Waals surface area contributed by atoms with E-state index >= 15 is 0 Å². The van der Waals surface area contributed by atoms with Crippen molar-refractivity contribution < 1.29 is 18.4 Å². The molecule has 3 rings (SSSR count). The maximum Gasteiger partial charge on any atom is 0.250 e. The Morgan fingerprint density at radius 2 is 1.85 bits per heavy atom. The summed E-state index contributed by atoms with van der Waals surface area (Å²) in [4.78, 5) is 27.5. The first kappa shape index (κ1) is 18.4. The van der Waals surface area contributed by atoms with Crippen molar-refractivity contribution in [3.8, 4) is 0 Å². The van der Waals surface area contributed by atoms with Gasteiger partial charge in [0.05, 0.1) is 16.6 Å². The zero-order valence-electron chi connectivity index (χ0n) is 14.5. The van der Waals surface area contributed by atoms with Crippen LogP contribution in [-0.4, -0.2) is 22.6 Å². The van der Waals surface area contributed by atoms with Crippen molar-refractivity contribution >= 4 is 35.0 Å². The van der Waals surface area contributed by atoms with Crippen LogP contribution in [0, 0.1) is 11.6 Å². The highest BCUT2D eigenvalue weighted by atomic mass is 32.2. The molecule has 1 aliphatic heterocycles. The second kappa shape index (κ2) is 6.72. The summed E-state index contributed by atoms with van der Waals surface area (Å²) in [5.74, 6) is -2.46. The van der Waals surface area contributed by atoms with E-state index in [1.807, 2.05) is 0 Å². The van der Waals surface area contributed by atoms with E-state index in [4.69, 9.17) is 0 Å². The van der Waals surface area contributed by atoms with Crippen molar-refractivity contribution in [2.24, 2.45) is 0 Å². The van der Waals surface area contributed by atoms with Crippen LogP contribution in [-0.2, 0) is 9.59 Å². The van der Waals surface area contributed by atoms with Crippen LogP contribution < -0.4 is 10.2 Å². The number of thioether (sulfide) groups is 1. The molecule has 0 fully saturated rings. The zero-order chi connectivity index (χ0) is 19.1. The number of halogens is 2. The van der Waals surface area contributed by atoms with Crippen molar-refractivity contribution in [1.29, 1.82) is 0 Å². The lowest BCUT2D eigenvalue weighted by atomic mass is 9.96. The Balaban J connectivity index is 1.91. The second-order valence-corrected chi connectivity index (χ2v) is 7.95. The smallest absolute Gasteiger partial charge is 0.250 e. The van der Waals surface area contributed by atoms with Crippen LogP contribution in [0.15, 0.2) is 47.4 Å². The number of hydrogen-bond donors (Lipinski definition) is 1. The molecule has 1 heterocycles. The summed E-state index contributed by atoms with van der Waals surface area (Å²) < 4.78 is 26.5. The summed E-state index contributed by atoms with van der Waals surface area (Å²) in [5, 5.41) is 2.21. The monoisotopic (exact) mass is 376 g/mol. The molecule has 7 heteroatoms. The number of para-hydroxylation sites is 2. The third-order valence-electron chi connectivity index (χ3n) is 4.28. The standard InChI is InChI=1S/C19H18F2N2O2S/c1-11(26-12-8-9-13(20)14(21)10-12)17(24)23-16-7-5-4-6-15(16)22-18(25)19(23,2)3/h4-11H,1-3H3,(H,22,25). The zero-order valence-corrected chi connectivity index (χ0v) is 15.4. The fourth-order valence-electron chi connectivity index (χ4n) is 2.83. The van der Waals surface area contributed by atoms with Crippen molar-refractivity contribution in [3.05, 3.63) is 54.1 Å². The highest BCUT2D eigenvalue weighted by Crippen LogP contribution is 2.38. The van der Waals surface area contributed by atoms with Gasteiger partial charge >= 0.3 is 0 Å². The quantitative estimate of drug-likeness (QED) is 0.817. The third-order valence-corrected chi connectivity index (χ3v) is 5.36. The molecule has 0 saturated carbocycles. The molecule has 26 heavy (non-hydrogen) atoms. The molecule has 0 saturated heterocycles. The first-order chi connectivity index (χ1) is 12.2. The Kier molecular flexibility index (Phi) is 4.75. The molecule has 4 nitrogen and oxygen atoms in total. The van der Waals surface area contributed by atoms with Gasteiger partial charge in [0, 0.05) is 4.90 Å². The molecule has 2 aromatic rings. The molecule has 1 N–H and O–H groups in total. The van der Waals surface area contributed by atoms with Gasteiger partial charge in [-0.05, 0) is 51.1 Å². The molecule has 1 atom stereocenters. The predicted octanol–water partition coefficient (Wildman–Crippen LogP) is 4.21. The lowest BCUT2D eigenvalue weighted by Gasteiger charge is -2.43. The number of amides is 2. The number of nitrogens with one attached hydrogen (secondary N) is 1. The van der Waals surface area contributed by atoms with Gasteiger partial charge in [0.2, 0.25) is 11.8 Å². The topological polar surface area (TPSA) is 49.4 Å². The lowest BCUT2D eigenvalue weighted by molar-refractivity contribution is -0.126. The first-order valence-corrected chi connectivity index (χ1v) is 8.96. The number of carbonyl (C=O) groups excluding carboxylic acids is 2. The molecule has 0 aromatic heterocycles. The predicted molar refractivity (Wildman–Crippen MR) is 98.3 cm³/mol. The van der Waals surface area contributed by atoms with Gasteiger partial charge in [0.1, 0.15) is 5.54 Å². The van der Waals surface area contributed by atoms with Gasteiger partial charge in [-0.15, -0.1) is 11.8 Å². The third kappa shape index (κ3) is 3.19. The van der Waals surface area contributed by atoms with E-state index in [2.05, 4.69) is 5.32 Å². The maximum absolute atomic E-state index is 13.4. The van der Waals surface area contributed by atoms with Crippen LogP contribution in [0.5, 0.6) is 0 Å². The van der Waals surface area contributed by atoms with Crippen LogP contribution >= 0.6 is 11.8 Å². The molecular weight excluding hydrogens is 358 g/mol. The second-order valence-electron chi connectivity index (χ2n) is 6.54. The van der Waals surface area contributed by atoms with Crippen molar-refractivity contribution in [1.82, 2.24) is 0 Å². The minimum atomic E-state index is -1.08. The lowest BCUT2D eigenvalue weighted by Crippen LogP contribution is -2.60. The summed E-state index contributed by atoms with van der Waals surface area (Å²) in [5.41, 5.74) is 0.101. The van der Waals surface area contributed by atoms with Gasteiger partial charge in [-0.1, -0.05) is 12.1 Å². The molecule has 2 aromatic carbocycles. The van der Waals surface area contributed by atoms with E-state index < -0.39 is 22.4 Å². The molecule has 2 amide bonds. The number of benzene rings is 2. The van der Waals surface area contributed by atoms with E-state index in [9.17, 15) is 18.4 Å². The minimum Gasteiger partial charge on any atom is -0.322 e. The normalized spacial score (nSPS) is 16.7. The average Bonchev–Trinajstić information content (AvgIpc) is 2.58. The summed E-state index contributed by atoms with van der Waals surface area (Å²) in [6.07, 6.45) is 0. The number of carbonyl (C=O) groups is 2. The first-order valence-electron chi connectivity index (χ1n) is 8.08. The molecule has 0 bridgehead atoms.